The maximum atomic E-state index is 11.1. The number of ether oxygens (including phenoxy) is 1. The van der Waals surface area contributed by atoms with Gasteiger partial charge in [0, 0.05) is 12.7 Å². The van der Waals surface area contributed by atoms with E-state index in [1.807, 2.05) is 16.1 Å². The SMILES string of the molecule is CCCCn1cc(C=O)c(-c2sccc2OC)n1. The third-order valence-electron chi connectivity index (χ3n) is 2.72. The van der Waals surface area contributed by atoms with Crippen molar-refractivity contribution in [3.05, 3.63) is 23.2 Å². The second-order valence-electron chi connectivity index (χ2n) is 3.99. The third-order valence-corrected chi connectivity index (χ3v) is 3.62. The standard InChI is InChI=1S/C13H16N2O2S/c1-3-4-6-15-8-10(9-16)12(14-15)13-11(17-2)5-7-18-13/h5,7-9H,3-4,6H2,1-2H3. The topological polar surface area (TPSA) is 44.1 Å². The first-order chi connectivity index (χ1) is 8.80. The first kappa shape index (κ1) is 12.8. The highest BCUT2D eigenvalue weighted by atomic mass is 32.1. The van der Waals surface area contributed by atoms with Crippen LogP contribution in [0.5, 0.6) is 5.75 Å². The van der Waals surface area contributed by atoms with E-state index in [0.29, 0.717) is 11.3 Å². The van der Waals surface area contributed by atoms with Crippen LogP contribution in [0.2, 0.25) is 0 Å². The number of nitrogens with zero attached hydrogens (tertiary/aromatic N) is 2. The summed E-state index contributed by atoms with van der Waals surface area (Å²) < 4.78 is 7.11. The van der Waals surface area contributed by atoms with Crippen LogP contribution in [0.4, 0.5) is 0 Å². The van der Waals surface area contributed by atoms with E-state index >= 15 is 0 Å². The third kappa shape index (κ3) is 2.46. The van der Waals surface area contributed by atoms with E-state index in [-0.39, 0.29) is 0 Å². The van der Waals surface area contributed by atoms with Crippen LogP contribution >= 0.6 is 11.3 Å². The molecule has 0 saturated heterocycles. The van der Waals surface area contributed by atoms with Crippen LogP contribution in [0, 0.1) is 0 Å². The lowest BCUT2D eigenvalue weighted by molar-refractivity contribution is 0.112. The van der Waals surface area contributed by atoms with Crippen molar-refractivity contribution in [1.82, 2.24) is 9.78 Å². The molecule has 0 aliphatic heterocycles. The zero-order chi connectivity index (χ0) is 13.0. The highest BCUT2D eigenvalue weighted by Crippen LogP contribution is 2.35. The van der Waals surface area contributed by atoms with Gasteiger partial charge >= 0.3 is 0 Å². The van der Waals surface area contributed by atoms with E-state index in [9.17, 15) is 4.79 Å². The molecule has 5 heteroatoms. The van der Waals surface area contributed by atoms with Gasteiger partial charge in [0.2, 0.25) is 0 Å². The largest absolute Gasteiger partial charge is 0.495 e. The van der Waals surface area contributed by atoms with Gasteiger partial charge in [-0.15, -0.1) is 11.3 Å². The number of hydrogen-bond donors (Lipinski definition) is 0. The quantitative estimate of drug-likeness (QED) is 0.752. The fourth-order valence-corrected chi connectivity index (χ4v) is 2.63. The summed E-state index contributed by atoms with van der Waals surface area (Å²) in [4.78, 5) is 12.0. The Bertz CT molecular complexity index is 531. The fraction of sp³-hybridized carbons (Fsp3) is 0.385. The molecule has 0 radical (unpaired) electrons. The van der Waals surface area contributed by atoms with Gasteiger partial charge in [-0.2, -0.15) is 5.10 Å². The Morgan fingerprint density at radius 1 is 1.56 bits per heavy atom. The molecular weight excluding hydrogens is 248 g/mol. The smallest absolute Gasteiger partial charge is 0.153 e. The van der Waals surface area contributed by atoms with Crippen molar-refractivity contribution >= 4 is 17.6 Å². The lowest BCUT2D eigenvalue weighted by Gasteiger charge is -2.00. The van der Waals surface area contributed by atoms with Crippen LogP contribution < -0.4 is 4.74 Å². The number of rotatable bonds is 6. The molecule has 4 nitrogen and oxygen atoms in total. The highest BCUT2D eigenvalue weighted by molar-refractivity contribution is 7.14. The molecule has 0 atom stereocenters. The van der Waals surface area contributed by atoms with Crippen LogP contribution in [0.1, 0.15) is 30.1 Å². The van der Waals surface area contributed by atoms with E-state index in [1.165, 1.54) is 11.3 Å². The van der Waals surface area contributed by atoms with Crippen molar-refractivity contribution in [3.63, 3.8) is 0 Å². The Morgan fingerprint density at radius 3 is 3.06 bits per heavy atom. The number of methoxy groups -OCH3 is 1. The van der Waals surface area contributed by atoms with Gasteiger partial charge in [-0.25, -0.2) is 0 Å². The number of aldehydes is 1. The normalized spacial score (nSPS) is 10.6. The molecule has 0 aromatic carbocycles. The average molecular weight is 264 g/mol. The van der Waals surface area contributed by atoms with Gasteiger partial charge in [0.05, 0.1) is 17.6 Å². The molecule has 0 amide bonds. The summed E-state index contributed by atoms with van der Waals surface area (Å²) in [6.07, 6.45) is 4.82. The minimum absolute atomic E-state index is 0.617. The van der Waals surface area contributed by atoms with Crippen LogP contribution in [-0.4, -0.2) is 23.2 Å². The van der Waals surface area contributed by atoms with Crippen molar-refractivity contribution in [2.45, 2.75) is 26.3 Å². The number of hydrogen-bond acceptors (Lipinski definition) is 4. The van der Waals surface area contributed by atoms with E-state index in [4.69, 9.17) is 4.74 Å². The Labute approximate surface area is 110 Å². The summed E-state index contributed by atoms with van der Waals surface area (Å²) in [7, 11) is 1.63. The van der Waals surface area contributed by atoms with Gasteiger partial charge in [0.15, 0.2) is 6.29 Å². The van der Waals surface area contributed by atoms with Crippen LogP contribution in [0.25, 0.3) is 10.6 Å². The Morgan fingerprint density at radius 2 is 2.39 bits per heavy atom. The fourth-order valence-electron chi connectivity index (χ4n) is 1.77. The predicted molar refractivity (Wildman–Crippen MR) is 72.4 cm³/mol. The summed E-state index contributed by atoms with van der Waals surface area (Å²) >= 11 is 1.53. The molecule has 2 aromatic heterocycles. The predicted octanol–water partition coefficient (Wildman–Crippen LogP) is 3.23. The molecular formula is C13H16N2O2S. The average Bonchev–Trinajstić information content (AvgIpc) is 3.01. The molecule has 2 rings (SSSR count). The molecule has 2 aromatic rings. The Kier molecular flexibility index (Phi) is 4.15. The first-order valence-electron chi connectivity index (χ1n) is 5.94. The molecule has 0 N–H and O–H groups in total. The van der Waals surface area contributed by atoms with Crippen LogP contribution in [0.3, 0.4) is 0 Å². The molecule has 0 bridgehead atoms. The van der Waals surface area contributed by atoms with Gasteiger partial charge < -0.3 is 4.74 Å². The molecule has 0 aliphatic carbocycles. The Hall–Kier alpha value is -1.62. The number of carbonyl (C=O) groups excluding carboxylic acids is 1. The van der Waals surface area contributed by atoms with E-state index < -0.39 is 0 Å². The van der Waals surface area contributed by atoms with Gasteiger partial charge in [-0.05, 0) is 17.9 Å². The van der Waals surface area contributed by atoms with E-state index in [1.54, 1.807) is 13.3 Å². The number of aromatic nitrogens is 2. The van der Waals surface area contributed by atoms with Gasteiger partial charge in [0.1, 0.15) is 11.4 Å². The molecule has 0 unspecified atom stereocenters. The van der Waals surface area contributed by atoms with Gasteiger partial charge in [-0.1, -0.05) is 13.3 Å². The minimum atomic E-state index is 0.617. The highest BCUT2D eigenvalue weighted by Gasteiger charge is 2.16. The lowest BCUT2D eigenvalue weighted by atomic mass is 10.2. The molecule has 0 saturated carbocycles. The second-order valence-corrected chi connectivity index (χ2v) is 4.90. The van der Waals surface area contributed by atoms with Crippen molar-refractivity contribution in [2.24, 2.45) is 0 Å². The summed E-state index contributed by atoms with van der Waals surface area (Å²) in [6.45, 7) is 2.97. The maximum Gasteiger partial charge on any atom is 0.153 e. The molecule has 96 valence electrons. The summed E-state index contributed by atoms with van der Waals surface area (Å²) in [5.41, 5.74) is 1.33. The van der Waals surface area contributed by atoms with Gasteiger partial charge in [-0.3, -0.25) is 9.48 Å². The lowest BCUT2D eigenvalue weighted by Crippen LogP contribution is -1.97. The monoisotopic (exact) mass is 264 g/mol. The zero-order valence-electron chi connectivity index (χ0n) is 10.5. The minimum Gasteiger partial charge on any atom is -0.495 e. The van der Waals surface area contributed by atoms with E-state index in [2.05, 4.69) is 12.0 Å². The number of aryl methyl sites for hydroxylation is 1. The zero-order valence-corrected chi connectivity index (χ0v) is 11.4. The van der Waals surface area contributed by atoms with Gasteiger partial charge in [0.25, 0.3) is 0 Å². The number of thiophene rings is 1. The molecule has 2 heterocycles. The van der Waals surface area contributed by atoms with Crippen LogP contribution in [0.15, 0.2) is 17.6 Å². The number of carbonyl (C=O) groups is 1. The van der Waals surface area contributed by atoms with Crippen molar-refractivity contribution in [2.75, 3.05) is 7.11 Å². The molecule has 0 spiro atoms. The second kappa shape index (κ2) is 5.82. The summed E-state index contributed by atoms with van der Waals surface area (Å²) in [5, 5.41) is 6.42. The Balaban J connectivity index is 2.37. The molecule has 0 aliphatic rings. The van der Waals surface area contributed by atoms with Crippen LogP contribution in [-0.2, 0) is 6.54 Å². The van der Waals surface area contributed by atoms with Crippen molar-refractivity contribution in [3.8, 4) is 16.3 Å². The van der Waals surface area contributed by atoms with E-state index in [0.717, 1.165) is 36.3 Å². The van der Waals surface area contributed by atoms with Crippen molar-refractivity contribution in [1.29, 1.82) is 0 Å². The molecule has 0 fully saturated rings. The number of unbranched alkanes of at least 4 members (excludes halogenated alkanes) is 1. The first-order valence-corrected chi connectivity index (χ1v) is 6.82. The molecule has 18 heavy (non-hydrogen) atoms. The summed E-state index contributed by atoms with van der Waals surface area (Å²) in [6, 6.07) is 1.89. The van der Waals surface area contributed by atoms with Crippen molar-refractivity contribution < 1.29 is 9.53 Å². The maximum absolute atomic E-state index is 11.1. The summed E-state index contributed by atoms with van der Waals surface area (Å²) in [5.74, 6) is 0.767.